The van der Waals surface area contributed by atoms with Gasteiger partial charge in [0.1, 0.15) is 19.3 Å². The highest BCUT2D eigenvalue weighted by Gasteiger charge is 2.46. The number of aliphatic hydroxyl groups is 1. The molecular weight excluding hydrogens is 624 g/mol. The van der Waals surface area contributed by atoms with Gasteiger partial charge in [0, 0.05) is 21.2 Å². The van der Waals surface area contributed by atoms with Crippen molar-refractivity contribution in [1.29, 1.82) is 0 Å². The van der Waals surface area contributed by atoms with Crippen LogP contribution in [0.5, 0.6) is 0 Å². The minimum Gasteiger partial charge on any atom is -0.485 e. The zero-order valence-electron chi connectivity index (χ0n) is 19.5. The average Bonchev–Trinajstić information content (AvgIpc) is 3.14. The number of benzene rings is 2. The lowest BCUT2D eigenvalue weighted by molar-refractivity contribution is -0.148. The van der Waals surface area contributed by atoms with Gasteiger partial charge in [-0.15, -0.1) is 0 Å². The Morgan fingerprint density at radius 3 is 1.80 bits per heavy atom. The van der Waals surface area contributed by atoms with Crippen LogP contribution < -0.4 is 0 Å². The van der Waals surface area contributed by atoms with E-state index in [2.05, 4.69) is 4.52 Å². The van der Waals surface area contributed by atoms with Gasteiger partial charge in [-0.1, -0.05) is 35.3 Å². The minimum absolute atomic E-state index is 0.261. The number of aliphatic hydroxyl groups excluding tert-OH is 1. The monoisotopic (exact) mass is 640 g/mol. The average molecular weight is 641 g/mol. The third kappa shape index (κ3) is 8.03. The number of rotatable bonds is 10. The van der Waals surface area contributed by atoms with Gasteiger partial charge < -0.3 is 29.1 Å². The minimum atomic E-state index is -5.33. The van der Waals surface area contributed by atoms with Crippen molar-refractivity contribution in [1.82, 2.24) is 0 Å². The Balaban J connectivity index is 2.02. The summed E-state index contributed by atoms with van der Waals surface area (Å²) in [6.45, 7) is -3.11. The highest BCUT2D eigenvalue weighted by Crippen LogP contribution is 2.42. The Hall–Kier alpha value is -2.52. The van der Waals surface area contributed by atoms with Crippen LogP contribution in [0.15, 0.2) is 47.9 Å². The summed E-state index contributed by atoms with van der Waals surface area (Å²) in [5, 5.41) is 9.06. The summed E-state index contributed by atoms with van der Waals surface area (Å²) in [6, 6.07) is 5.27. The quantitative estimate of drug-likeness (QED) is 0.178. The molecule has 0 aromatic heterocycles. The van der Waals surface area contributed by atoms with E-state index in [1.807, 2.05) is 0 Å². The molecule has 0 spiro atoms. The number of phosphoric acid groups is 1. The predicted octanol–water partition coefficient (Wildman–Crippen LogP) is 5.37. The summed E-state index contributed by atoms with van der Waals surface area (Å²) in [7, 11) is -5.33. The zero-order valence-corrected chi connectivity index (χ0v) is 21.9. The van der Waals surface area contributed by atoms with Gasteiger partial charge in [0.05, 0.1) is 17.7 Å². The molecule has 40 heavy (non-hydrogen) atoms. The SMILES string of the molecule is O=C1O[C@@H]([C@H](CO)OP(=O)(O)O)C(OCc2ccc(Cl)cc2C(F)(F)F)=C1OCc1ccc(Cl)cc1C(F)(F)F. The summed E-state index contributed by atoms with van der Waals surface area (Å²) in [6.07, 6.45) is -13.8. The van der Waals surface area contributed by atoms with E-state index in [9.17, 15) is 40.8 Å². The lowest BCUT2D eigenvalue weighted by Gasteiger charge is -2.23. The van der Waals surface area contributed by atoms with E-state index in [0.717, 1.165) is 24.3 Å². The van der Waals surface area contributed by atoms with E-state index in [-0.39, 0.29) is 10.0 Å². The molecule has 1 heterocycles. The molecule has 0 aliphatic carbocycles. The summed E-state index contributed by atoms with van der Waals surface area (Å²) < 4.78 is 112. The summed E-state index contributed by atoms with van der Waals surface area (Å²) in [5.74, 6) is -3.17. The number of carbonyl (C=O) groups excluding carboxylic acids is 1. The molecule has 2 atom stereocenters. The fourth-order valence-corrected chi connectivity index (χ4v) is 4.39. The molecule has 2 aromatic rings. The van der Waals surface area contributed by atoms with Crippen molar-refractivity contribution in [2.24, 2.45) is 0 Å². The first kappa shape index (κ1) is 32.0. The lowest BCUT2D eigenvalue weighted by Crippen LogP contribution is -2.34. The zero-order chi connectivity index (χ0) is 30.0. The molecule has 2 aromatic carbocycles. The van der Waals surface area contributed by atoms with Crippen molar-refractivity contribution in [3.8, 4) is 0 Å². The van der Waals surface area contributed by atoms with Gasteiger partial charge in [-0.2, -0.15) is 26.3 Å². The molecule has 1 aliphatic heterocycles. The van der Waals surface area contributed by atoms with Crippen LogP contribution in [0.3, 0.4) is 0 Å². The summed E-state index contributed by atoms with van der Waals surface area (Å²) >= 11 is 11.3. The molecule has 0 bridgehead atoms. The first-order valence-corrected chi connectivity index (χ1v) is 13.0. The maximum atomic E-state index is 13.5. The second-order valence-corrected chi connectivity index (χ2v) is 10.1. The second kappa shape index (κ2) is 12.1. The second-order valence-electron chi connectivity index (χ2n) is 8.01. The van der Waals surface area contributed by atoms with Crippen LogP contribution in [0, 0.1) is 0 Å². The third-order valence-electron chi connectivity index (χ3n) is 5.20. The van der Waals surface area contributed by atoms with Crippen molar-refractivity contribution in [3.63, 3.8) is 0 Å². The molecule has 3 rings (SSSR count). The third-order valence-corrected chi connectivity index (χ3v) is 6.22. The maximum Gasteiger partial charge on any atom is 0.470 e. The molecule has 0 fully saturated rings. The van der Waals surface area contributed by atoms with Gasteiger partial charge in [0.15, 0.2) is 11.9 Å². The van der Waals surface area contributed by atoms with Crippen molar-refractivity contribution >= 4 is 37.0 Å². The van der Waals surface area contributed by atoms with Crippen LogP contribution in [-0.2, 0) is 53.7 Å². The summed E-state index contributed by atoms with van der Waals surface area (Å²) in [5.41, 5.74) is -3.48. The Morgan fingerprint density at radius 2 is 1.38 bits per heavy atom. The predicted molar refractivity (Wildman–Crippen MR) is 123 cm³/mol. The molecular formula is C22H17Cl2F6O9P. The number of halogens is 8. The topological polar surface area (TPSA) is 132 Å². The largest absolute Gasteiger partial charge is 0.485 e. The Bertz CT molecular complexity index is 1340. The van der Waals surface area contributed by atoms with Crippen LogP contribution in [0.2, 0.25) is 10.0 Å². The lowest BCUT2D eigenvalue weighted by atomic mass is 10.1. The fraction of sp³-hybridized carbons (Fsp3) is 0.318. The molecule has 18 heteroatoms. The van der Waals surface area contributed by atoms with Crippen molar-refractivity contribution in [2.75, 3.05) is 6.61 Å². The van der Waals surface area contributed by atoms with Crippen molar-refractivity contribution in [2.45, 2.75) is 37.8 Å². The molecule has 0 saturated carbocycles. The number of esters is 1. The van der Waals surface area contributed by atoms with Crippen LogP contribution in [0.1, 0.15) is 22.3 Å². The summed E-state index contributed by atoms with van der Waals surface area (Å²) in [4.78, 5) is 30.8. The number of cyclic esters (lactones) is 1. The molecule has 220 valence electrons. The van der Waals surface area contributed by atoms with Crippen LogP contribution >= 0.6 is 31.0 Å². The first-order chi connectivity index (χ1) is 18.4. The fourth-order valence-electron chi connectivity index (χ4n) is 3.52. The maximum absolute atomic E-state index is 13.5. The first-order valence-electron chi connectivity index (χ1n) is 10.7. The van der Waals surface area contributed by atoms with E-state index in [0.29, 0.717) is 12.1 Å². The molecule has 3 N–H and O–H groups in total. The molecule has 0 unspecified atom stereocenters. The van der Waals surface area contributed by atoms with Crippen molar-refractivity contribution in [3.05, 3.63) is 80.2 Å². The smallest absolute Gasteiger partial charge is 0.470 e. The van der Waals surface area contributed by atoms with E-state index in [4.69, 9.17) is 47.2 Å². The molecule has 0 amide bonds. The molecule has 1 aliphatic rings. The van der Waals surface area contributed by atoms with E-state index >= 15 is 0 Å². The van der Waals surface area contributed by atoms with E-state index in [1.54, 1.807) is 0 Å². The highest BCUT2D eigenvalue weighted by atomic mass is 35.5. The number of hydrogen-bond acceptors (Lipinski definition) is 7. The molecule has 0 saturated heterocycles. The van der Waals surface area contributed by atoms with Gasteiger partial charge in [-0.25, -0.2) is 9.36 Å². The van der Waals surface area contributed by atoms with Crippen LogP contribution in [0.4, 0.5) is 26.3 Å². The number of hydrogen-bond donors (Lipinski definition) is 3. The van der Waals surface area contributed by atoms with E-state index < -0.39 is 91.9 Å². The van der Waals surface area contributed by atoms with Crippen molar-refractivity contribution < 1.29 is 69.3 Å². The normalized spacial score (nSPS) is 17.2. The molecule has 0 radical (unpaired) electrons. The van der Waals surface area contributed by atoms with Crippen LogP contribution in [0.25, 0.3) is 0 Å². The number of phosphoric ester groups is 1. The van der Waals surface area contributed by atoms with Gasteiger partial charge in [0.25, 0.3) is 0 Å². The van der Waals surface area contributed by atoms with Gasteiger partial charge in [-0.05, 0) is 24.3 Å². The number of carbonyl (C=O) groups is 1. The number of alkyl halides is 6. The van der Waals surface area contributed by atoms with E-state index in [1.165, 1.54) is 0 Å². The Morgan fingerprint density at radius 1 is 0.900 bits per heavy atom. The van der Waals surface area contributed by atoms with Crippen LogP contribution in [-0.4, -0.2) is 39.7 Å². The Kier molecular flexibility index (Phi) is 9.72. The molecule has 9 nitrogen and oxygen atoms in total. The van der Waals surface area contributed by atoms with Gasteiger partial charge in [-0.3, -0.25) is 4.52 Å². The number of ether oxygens (including phenoxy) is 3. The van der Waals surface area contributed by atoms with Gasteiger partial charge >= 0.3 is 26.1 Å². The Labute approximate surface area is 231 Å². The standard InChI is InChI=1S/C22H17Cl2F6O9P/c23-12-3-1-10(14(5-12)21(25,26)27)8-36-18-17(16(7-31)39-40(33,34)35)38-20(32)19(18)37-9-11-2-4-13(24)6-15(11)22(28,29)30/h1-6,16-17,31H,7-9H2,(H2,33,34,35)/t16-,17-/m0/s1. The van der Waals surface area contributed by atoms with Gasteiger partial charge in [0.2, 0.25) is 5.76 Å². The highest BCUT2D eigenvalue weighted by molar-refractivity contribution is 7.46.